The molecule has 1 amide bonds. The van der Waals surface area contributed by atoms with E-state index in [1.165, 1.54) is 11.0 Å². The first-order chi connectivity index (χ1) is 8.59. The summed E-state index contributed by atoms with van der Waals surface area (Å²) in [4.78, 5) is 15.2. The lowest BCUT2D eigenvalue weighted by Crippen LogP contribution is -2.43. The molecule has 18 heavy (non-hydrogen) atoms. The van der Waals surface area contributed by atoms with Crippen molar-refractivity contribution in [1.29, 1.82) is 0 Å². The smallest absolute Gasteiger partial charge is 0.253 e. The van der Waals surface area contributed by atoms with Gasteiger partial charge in [-0.3, -0.25) is 4.79 Å². The highest BCUT2D eigenvalue weighted by Gasteiger charge is 2.16. The number of nitrogens with zero attached hydrogens (tertiary/aromatic N) is 2. The van der Waals surface area contributed by atoms with Gasteiger partial charge in [0.25, 0.3) is 5.91 Å². The summed E-state index contributed by atoms with van der Waals surface area (Å²) in [7, 11) is 3.31. The average molecular weight is 251 g/mol. The second kappa shape index (κ2) is 5.35. The van der Waals surface area contributed by atoms with Crippen LogP contribution in [0.2, 0.25) is 0 Å². The lowest BCUT2D eigenvalue weighted by molar-refractivity contribution is 0.0827. The van der Waals surface area contributed by atoms with Gasteiger partial charge in [0.2, 0.25) is 0 Å². The molecule has 1 saturated heterocycles. The molecule has 0 aromatic heterocycles. The van der Waals surface area contributed by atoms with E-state index in [4.69, 9.17) is 0 Å². The standard InChI is InChI=1S/C13H18FN3O/c1-16(2)13(18)10-3-4-12(11(14)9-10)17-7-5-15-6-8-17/h3-4,9,15H,5-8H2,1-2H3. The summed E-state index contributed by atoms with van der Waals surface area (Å²) < 4.78 is 14.0. The second-order valence-electron chi connectivity index (χ2n) is 4.60. The van der Waals surface area contributed by atoms with Gasteiger partial charge >= 0.3 is 0 Å². The summed E-state index contributed by atoms with van der Waals surface area (Å²) in [5.41, 5.74) is 0.961. The van der Waals surface area contributed by atoms with Crippen molar-refractivity contribution >= 4 is 11.6 Å². The van der Waals surface area contributed by atoms with Crippen LogP contribution in [-0.4, -0.2) is 51.1 Å². The topological polar surface area (TPSA) is 35.6 Å². The molecule has 1 aromatic rings. The van der Waals surface area contributed by atoms with Crippen LogP contribution in [0.3, 0.4) is 0 Å². The van der Waals surface area contributed by atoms with E-state index in [-0.39, 0.29) is 11.7 Å². The normalized spacial score (nSPS) is 15.6. The number of anilines is 1. The molecule has 1 aromatic carbocycles. The minimum atomic E-state index is -0.329. The van der Waals surface area contributed by atoms with Crippen LogP contribution in [0.1, 0.15) is 10.4 Å². The highest BCUT2D eigenvalue weighted by Crippen LogP contribution is 2.21. The SMILES string of the molecule is CN(C)C(=O)c1ccc(N2CCNCC2)c(F)c1. The van der Waals surface area contributed by atoms with Crippen molar-refractivity contribution in [1.82, 2.24) is 10.2 Å². The van der Waals surface area contributed by atoms with E-state index in [1.54, 1.807) is 26.2 Å². The molecule has 0 spiro atoms. The Bertz CT molecular complexity index is 442. The van der Waals surface area contributed by atoms with Gasteiger partial charge in [-0.25, -0.2) is 4.39 Å². The van der Waals surface area contributed by atoms with Crippen LogP contribution in [0, 0.1) is 5.82 Å². The maximum atomic E-state index is 14.0. The van der Waals surface area contributed by atoms with Crippen molar-refractivity contribution in [2.75, 3.05) is 45.2 Å². The first-order valence-electron chi connectivity index (χ1n) is 6.06. The number of halogens is 1. The number of carbonyl (C=O) groups excluding carboxylic acids is 1. The Labute approximate surface area is 106 Å². The third kappa shape index (κ3) is 2.61. The Morgan fingerprint density at radius 2 is 2.00 bits per heavy atom. The molecule has 1 N–H and O–H groups in total. The van der Waals surface area contributed by atoms with E-state index in [2.05, 4.69) is 5.32 Å². The van der Waals surface area contributed by atoms with Crippen molar-refractivity contribution in [3.8, 4) is 0 Å². The third-order valence-electron chi connectivity index (χ3n) is 3.06. The molecule has 0 aliphatic carbocycles. The molecule has 1 aliphatic rings. The van der Waals surface area contributed by atoms with Crippen LogP contribution >= 0.6 is 0 Å². The monoisotopic (exact) mass is 251 g/mol. The predicted molar refractivity (Wildman–Crippen MR) is 69.5 cm³/mol. The number of piperazine rings is 1. The molecule has 2 rings (SSSR count). The first kappa shape index (κ1) is 12.8. The molecule has 5 heteroatoms. The molecule has 0 radical (unpaired) electrons. The van der Waals surface area contributed by atoms with Crippen LogP contribution in [-0.2, 0) is 0 Å². The average Bonchev–Trinajstić information content (AvgIpc) is 2.38. The zero-order valence-electron chi connectivity index (χ0n) is 10.7. The molecule has 0 bridgehead atoms. The van der Waals surface area contributed by atoms with Gasteiger partial charge < -0.3 is 15.1 Å². The van der Waals surface area contributed by atoms with E-state index < -0.39 is 0 Å². The van der Waals surface area contributed by atoms with E-state index in [1.807, 2.05) is 4.90 Å². The molecule has 98 valence electrons. The molecule has 1 aliphatic heterocycles. The van der Waals surface area contributed by atoms with Gasteiger partial charge in [0.15, 0.2) is 0 Å². The number of amides is 1. The van der Waals surface area contributed by atoms with Crippen molar-refractivity contribution in [2.24, 2.45) is 0 Å². The number of rotatable bonds is 2. The fourth-order valence-electron chi connectivity index (χ4n) is 2.06. The molecule has 1 fully saturated rings. The predicted octanol–water partition coefficient (Wildman–Crippen LogP) is 0.937. The summed E-state index contributed by atoms with van der Waals surface area (Å²) >= 11 is 0. The van der Waals surface area contributed by atoms with E-state index in [9.17, 15) is 9.18 Å². The van der Waals surface area contributed by atoms with Crippen molar-refractivity contribution in [3.05, 3.63) is 29.6 Å². The van der Waals surface area contributed by atoms with E-state index in [0.717, 1.165) is 26.2 Å². The number of hydrogen-bond donors (Lipinski definition) is 1. The fourth-order valence-corrected chi connectivity index (χ4v) is 2.06. The highest BCUT2D eigenvalue weighted by atomic mass is 19.1. The van der Waals surface area contributed by atoms with E-state index >= 15 is 0 Å². The Morgan fingerprint density at radius 3 is 2.56 bits per heavy atom. The molecule has 0 atom stereocenters. The lowest BCUT2D eigenvalue weighted by Gasteiger charge is -2.29. The maximum Gasteiger partial charge on any atom is 0.253 e. The second-order valence-corrected chi connectivity index (χ2v) is 4.60. The molecular formula is C13H18FN3O. The molecule has 4 nitrogen and oxygen atoms in total. The number of benzene rings is 1. The van der Waals surface area contributed by atoms with Gasteiger partial charge in [0.05, 0.1) is 5.69 Å². The Kier molecular flexibility index (Phi) is 3.81. The Balaban J connectivity index is 2.21. The zero-order valence-corrected chi connectivity index (χ0v) is 10.7. The van der Waals surface area contributed by atoms with Crippen LogP contribution in [0.4, 0.5) is 10.1 Å². The van der Waals surface area contributed by atoms with Crippen LogP contribution in [0.5, 0.6) is 0 Å². The zero-order chi connectivity index (χ0) is 13.1. The van der Waals surface area contributed by atoms with Crippen molar-refractivity contribution in [3.63, 3.8) is 0 Å². The van der Waals surface area contributed by atoms with Crippen molar-refractivity contribution in [2.45, 2.75) is 0 Å². The first-order valence-corrected chi connectivity index (χ1v) is 6.06. The minimum absolute atomic E-state index is 0.180. The molecule has 0 unspecified atom stereocenters. The Hall–Kier alpha value is -1.62. The molecule has 1 heterocycles. The van der Waals surface area contributed by atoms with Gasteiger partial charge in [-0.15, -0.1) is 0 Å². The minimum Gasteiger partial charge on any atom is -0.367 e. The van der Waals surface area contributed by atoms with Crippen molar-refractivity contribution < 1.29 is 9.18 Å². The van der Waals surface area contributed by atoms with Gasteiger partial charge in [-0.1, -0.05) is 0 Å². The Morgan fingerprint density at radius 1 is 1.33 bits per heavy atom. The van der Waals surface area contributed by atoms with Gasteiger partial charge in [0, 0.05) is 45.8 Å². The van der Waals surface area contributed by atoms with Crippen LogP contribution < -0.4 is 10.2 Å². The summed E-state index contributed by atoms with van der Waals surface area (Å²) in [6, 6.07) is 4.69. The highest BCUT2D eigenvalue weighted by molar-refractivity contribution is 5.94. The summed E-state index contributed by atoms with van der Waals surface area (Å²) in [5.74, 6) is -0.509. The maximum absolute atomic E-state index is 14.0. The lowest BCUT2D eigenvalue weighted by atomic mass is 10.1. The fraction of sp³-hybridized carbons (Fsp3) is 0.462. The quantitative estimate of drug-likeness (QED) is 0.849. The number of nitrogens with one attached hydrogen (secondary N) is 1. The number of carbonyl (C=O) groups is 1. The number of hydrogen-bond acceptors (Lipinski definition) is 3. The van der Waals surface area contributed by atoms with Crippen LogP contribution in [0.15, 0.2) is 18.2 Å². The largest absolute Gasteiger partial charge is 0.367 e. The summed E-state index contributed by atoms with van der Waals surface area (Å²) in [6.45, 7) is 3.30. The van der Waals surface area contributed by atoms with Gasteiger partial charge in [-0.05, 0) is 18.2 Å². The third-order valence-corrected chi connectivity index (χ3v) is 3.06. The van der Waals surface area contributed by atoms with Gasteiger partial charge in [0.1, 0.15) is 5.82 Å². The summed E-state index contributed by atoms with van der Waals surface area (Å²) in [5, 5.41) is 3.22. The van der Waals surface area contributed by atoms with Gasteiger partial charge in [-0.2, -0.15) is 0 Å². The molecular weight excluding hydrogens is 233 g/mol. The van der Waals surface area contributed by atoms with Crippen LogP contribution in [0.25, 0.3) is 0 Å². The molecule has 0 saturated carbocycles. The summed E-state index contributed by atoms with van der Waals surface area (Å²) in [6.07, 6.45) is 0. The van der Waals surface area contributed by atoms with E-state index in [0.29, 0.717) is 11.3 Å².